The fraction of sp³-hybridized carbons (Fsp3) is 0.429. The van der Waals surface area contributed by atoms with E-state index in [0.717, 1.165) is 44.7 Å². The number of aliphatic hydroxyl groups excluding tert-OH is 3. The van der Waals surface area contributed by atoms with E-state index in [0.29, 0.717) is 12.8 Å². The summed E-state index contributed by atoms with van der Waals surface area (Å²) < 4.78 is 0. The first kappa shape index (κ1) is 24.5. The van der Waals surface area contributed by atoms with E-state index in [-0.39, 0.29) is 18.4 Å². The Kier molecular flexibility index (Phi) is 6.59. The van der Waals surface area contributed by atoms with Gasteiger partial charge in [-0.1, -0.05) is 38.1 Å². The lowest BCUT2D eigenvalue weighted by atomic mass is 9.85. The summed E-state index contributed by atoms with van der Waals surface area (Å²) in [6, 6.07) is 11.1. The van der Waals surface area contributed by atoms with Crippen LogP contribution in [0, 0.1) is 5.92 Å². The number of aromatic nitrogens is 1. The zero-order valence-electron chi connectivity index (χ0n) is 20.9. The molecule has 8 nitrogen and oxygen atoms in total. The smallest absolute Gasteiger partial charge is 0.243 e. The third-order valence-corrected chi connectivity index (χ3v) is 7.55. The summed E-state index contributed by atoms with van der Waals surface area (Å²) in [5.74, 6) is -0.570. The van der Waals surface area contributed by atoms with Crippen molar-refractivity contribution in [2.24, 2.45) is 10.9 Å². The minimum Gasteiger partial charge on any atom is -0.394 e. The molecular formula is C28H34N4O4. The van der Waals surface area contributed by atoms with Crippen LogP contribution in [0.1, 0.15) is 36.5 Å². The van der Waals surface area contributed by atoms with E-state index in [1.54, 1.807) is 0 Å². The highest BCUT2D eigenvalue weighted by atomic mass is 16.3. The molecule has 4 unspecified atom stereocenters. The van der Waals surface area contributed by atoms with E-state index in [1.165, 1.54) is 0 Å². The lowest BCUT2D eigenvalue weighted by Crippen LogP contribution is -2.52. The highest BCUT2D eigenvalue weighted by molar-refractivity contribution is 6.05. The normalized spacial score (nSPS) is 21.5. The molecule has 3 heterocycles. The van der Waals surface area contributed by atoms with Gasteiger partial charge in [-0.05, 0) is 41.2 Å². The molecule has 4 atom stereocenters. The highest BCUT2D eigenvalue weighted by Gasteiger charge is 2.35. The second kappa shape index (κ2) is 9.69. The molecule has 0 saturated carbocycles. The standard InChI is InChI=1S/C28H34N4O4/c1-15(2)27-28(36)30-18(13-33)10-17-12-29-26-19(8-9-22(24(17)26)32(27)3)25(23(35)14-34)21-11-16-6-4-5-7-20(16)31-21/h4-9,12,15,18,23,25,27,29,33-35H,10-11,13-14H2,1-3H3,(H,30,36). The van der Waals surface area contributed by atoms with E-state index in [4.69, 9.17) is 4.99 Å². The molecule has 2 aliphatic heterocycles. The van der Waals surface area contributed by atoms with Crippen molar-refractivity contribution in [2.75, 3.05) is 25.2 Å². The van der Waals surface area contributed by atoms with E-state index < -0.39 is 30.7 Å². The number of rotatable bonds is 6. The van der Waals surface area contributed by atoms with E-state index in [2.05, 4.69) is 10.3 Å². The molecule has 0 bridgehead atoms. The number of aliphatic imine (C=N–C) groups is 1. The Hall–Kier alpha value is -3.20. The van der Waals surface area contributed by atoms with E-state index in [9.17, 15) is 20.1 Å². The van der Waals surface area contributed by atoms with Crippen LogP contribution in [0.3, 0.4) is 0 Å². The summed E-state index contributed by atoms with van der Waals surface area (Å²) in [5, 5.41) is 35.0. The van der Waals surface area contributed by atoms with Gasteiger partial charge in [-0.3, -0.25) is 9.79 Å². The van der Waals surface area contributed by atoms with Gasteiger partial charge >= 0.3 is 0 Å². The van der Waals surface area contributed by atoms with Gasteiger partial charge in [0.2, 0.25) is 5.91 Å². The molecule has 0 spiro atoms. The summed E-state index contributed by atoms with van der Waals surface area (Å²) in [4.78, 5) is 23.4. The molecule has 1 amide bonds. The number of amides is 1. The molecule has 0 fully saturated rings. The highest BCUT2D eigenvalue weighted by Crippen LogP contribution is 2.41. The maximum atomic E-state index is 13.2. The number of benzene rings is 2. The van der Waals surface area contributed by atoms with Crippen LogP contribution >= 0.6 is 0 Å². The van der Waals surface area contributed by atoms with Crippen molar-refractivity contribution < 1.29 is 20.1 Å². The van der Waals surface area contributed by atoms with Crippen LogP contribution < -0.4 is 10.2 Å². The van der Waals surface area contributed by atoms with Crippen LogP contribution in [0.15, 0.2) is 47.6 Å². The monoisotopic (exact) mass is 490 g/mol. The van der Waals surface area contributed by atoms with E-state index in [1.807, 2.05) is 68.4 Å². The largest absolute Gasteiger partial charge is 0.394 e. The van der Waals surface area contributed by atoms with Gasteiger partial charge in [0.1, 0.15) is 6.04 Å². The number of hydrogen-bond donors (Lipinski definition) is 5. The lowest BCUT2D eigenvalue weighted by molar-refractivity contribution is -0.124. The van der Waals surface area contributed by atoms with Crippen molar-refractivity contribution in [3.63, 3.8) is 0 Å². The molecule has 5 rings (SSSR count). The Morgan fingerprint density at radius 1 is 1.14 bits per heavy atom. The molecule has 8 heteroatoms. The number of fused-ring (bicyclic) bond motifs is 1. The number of nitrogens with one attached hydrogen (secondary N) is 2. The third-order valence-electron chi connectivity index (χ3n) is 7.55. The van der Waals surface area contributed by atoms with Crippen LogP contribution in [0.5, 0.6) is 0 Å². The maximum absolute atomic E-state index is 13.2. The number of para-hydroxylation sites is 1. The fourth-order valence-corrected chi connectivity index (χ4v) is 5.88. The Morgan fingerprint density at radius 2 is 1.92 bits per heavy atom. The van der Waals surface area contributed by atoms with Gasteiger partial charge < -0.3 is 30.5 Å². The van der Waals surface area contributed by atoms with Gasteiger partial charge in [0.05, 0.1) is 42.5 Å². The van der Waals surface area contributed by atoms with Crippen LogP contribution in [0.4, 0.5) is 11.4 Å². The lowest BCUT2D eigenvalue weighted by Gasteiger charge is -2.33. The molecule has 3 aromatic rings. The number of H-pyrrole nitrogens is 1. The maximum Gasteiger partial charge on any atom is 0.243 e. The molecule has 0 radical (unpaired) electrons. The third kappa shape index (κ3) is 4.09. The number of anilines is 1. The van der Waals surface area contributed by atoms with Gasteiger partial charge in [-0.25, -0.2) is 0 Å². The molecule has 2 aliphatic rings. The minimum absolute atomic E-state index is 0.0415. The summed E-state index contributed by atoms with van der Waals surface area (Å²) in [5.41, 5.74) is 6.39. The first-order valence-electron chi connectivity index (χ1n) is 12.5. The summed E-state index contributed by atoms with van der Waals surface area (Å²) in [6.45, 7) is 3.47. The number of aliphatic hydroxyl groups is 3. The zero-order valence-corrected chi connectivity index (χ0v) is 20.9. The zero-order chi connectivity index (χ0) is 25.6. The SMILES string of the molecule is CC(C)C1C(=O)NC(CO)Cc2c[nH]c3c(C(C4=Nc5ccccc5C4)C(O)CO)ccc(c23)N1C. The average molecular weight is 491 g/mol. The molecule has 0 saturated heterocycles. The number of likely N-dealkylation sites (N-methyl/N-ethyl adjacent to an activating group) is 1. The molecule has 36 heavy (non-hydrogen) atoms. The molecule has 0 aliphatic carbocycles. The van der Waals surface area contributed by atoms with Crippen LogP contribution in [0.25, 0.3) is 10.9 Å². The number of carbonyl (C=O) groups is 1. The van der Waals surface area contributed by atoms with Gasteiger partial charge in [0, 0.05) is 36.5 Å². The minimum atomic E-state index is -1.02. The van der Waals surface area contributed by atoms with Crippen molar-refractivity contribution in [2.45, 2.75) is 50.8 Å². The van der Waals surface area contributed by atoms with E-state index >= 15 is 0 Å². The van der Waals surface area contributed by atoms with Gasteiger partial charge in [-0.2, -0.15) is 0 Å². The predicted molar refractivity (Wildman–Crippen MR) is 141 cm³/mol. The first-order chi connectivity index (χ1) is 17.3. The number of nitrogens with zero attached hydrogens (tertiary/aromatic N) is 2. The Morgan fingerprint density at radius 3 is 2.61 bits per heavy atom. The van der Waals surface area contributed by atoms with Crippen LogP contribution in [0.2, 0.25) is 0 Å². The van der Waals surface area contributed by atoms with Crippen LogP contribution in [-0.4, -0.2) is 70.4 Å². The number of hydrogen-bond acceptors (Lipinski definition) is 6. The van der Waals surface area contributed by atoms with Gasteiger partial charge in [0.15, 0.2) is 0 Å². The van der Waals surface area contributed by atoms with Crippen molar-refractivity contribution in [3.05, 3.63) is 59.3 Å². The predicted octanol–water partition coefficient (Wildman–Crippen LogP) is 2.43. The quantitative estimate of drug-likeness (QED) is 0.363. The summed E-state index contributed by atoms with van der Waals surface area (Å²) >= 11 is 0. The second-order valence-corrected chi connectivity index (χ2v) is 10.3. The summed E-state index contributed by atoms with van der Waals surface area (Å²) in [7, 11) is 1.92. The summed E-state index contributed by atoms with van der Waals surface area (Å²) in [6.07, 6.45) is 1.97. The Bertz CT molecular complexity index is 1310. The molecule has 2 aromatic carbocycles. The second-order valence-electron chi connectivity index (χ2n) is 10.3. The van der Waals surface area contributed by atoms with Crippen LogP contribution in [-0.2, 0) is 17.6 Å². The van der Waals surface area contributed by atoms with Crippen molar-refractivity contribution in [1.82, 2.24) is 10.3 Å². The van der Waals surface area contributed by atoms with Gasteiger partial charge in [0.25, 0.3) is 0 Å². The van der Waals surface area contributed by atoms with Crippen molar-refractivity contribution in [1.29, 1.82) is 0 Å². The first-order valence-corrected chi connectivity index (χ1v) is 12.5. The van der Waals surface area contributed by atoms with Crippen molar-refractivity contribution >= 4 is 33.9 Å². The molecule has 190 valence electrons. The Labute approximate surface area is 210 Å². The average Bonchev–Trinajstić information content (AvgIpc) is 3.48. The molecular weight excluding hydrogens is 456 g/mol. The molecule has 5 N–H and O–H groups in total. The molecule has 1 aromatic heterocycles. The fourth-order valence-electron chi connectivity index (χ4n) is 5.88. The Balaban J connectivity index is 1.68. The van der Waals surface area contributed by atoms with Gasteiger partial charge in [-0.15, -0.1) is 0 Å². The number of aromatic amines is 1. The number of carbonyl (C=O) groups excluding carboxylic acids is 1. The topological polar surface area (TPSA) is 121 Å². The van der Waals surface area contributed by atoms with Crippen molar-refractivity contribution in [3.8, 4) is 0 Å².